The number of amides is 2. The lowest BCUT2D eigenvalue weighted by Gasteiger charge is -2.29. The van der Waals surface area contributed by atoms with E-state index in [9.17, 15) is 18.0 Å². The molecule has 1 aromatic heterocycles. The lowest BCUT2D eigenvalue weighted by Crippen LogP contribution is -2.43. The number of carbonyl (C=O) groups excluding carboxylic acids is 2. The van der Waals surface area contributed by atoms with Gasteiger partial charge in [-0.3, -0.25) is 4.79 Å². The van der Waals surface area contributed by atoms with Gasteiger partial charge in [0, 0.05) is 30.9 Å². The fourth-order valence-corrected chi connectivity index (χ4v) is 5.22. The summed E-state index contributed by atoms with van der Waals surface area (Å²) in [6.45, 7) is 3.72. The molecule has 1 fully saturated rings. The molecule has 3 heterocycles. The van der Waals surface area contributed by atoms with Gasteiger partial charge < -0.3 is 15.0 Å². The van der Waals surface area contributed by atoms with Crippen LogP contribution in [0.15, 0.2) is 0 Å². The molecule has 1 atom stereocenters. The number of nitrogens with zero attached hydrogens (tertiary/aromatic N) is 3. The third-order valence-electron chi connectivity index (χ3n) is 4.71. The summed E-state index contributed by atoms with van der Waals surface area (Å²) >= 11 is 1.35. The van der Waals surface area contributed by atoms with Crippen molar-refractivity contribution in [2.75, 3.05) is 37.8 Å². The van der Waals surface area contributed by atoms with Crippen molar-refractivity contribution in [2.24, 2.45) is 5.92 Å². The highest BCUT2D eigenvalue weighted by Gasteiger charge is 2.31. The van der Waals surface area contributed by atoms with Crippen molar-refractivity contribution in [1.29, 1.82) is 0 Å². The Bertz CT molecular complexity index is 823. The number of hydrogen-bond donors (Lipinski definition) is 1. The molecular formula is C16H24N4O5S2. The van der Waals surface area contributed by atoms with Crippen molar-refractivity contribution in [2.45, 2.75) is 32.7 Å². The second-order valence-electron chi connectivity index (χ2n) is 6.71. The highest BCUT2D eigenvalue weighted by molar-refractivity contribution is 7.88. The van der Waals surface area contributed by atoms with Crippen molar-refractivity contribution in [3.63, 3.8) is 0 Å². The number of rotatable bonds is 4. The molecule has 27 heavy (non-hydrogen) atoms. The lowest BCUT2D eigenvalue weighted by atomic mass is 9.99. The highest BCUT2D eigenvalue weighted by atomic mass is 32.2. The molecule has 1 saturated heterocycles. The molecule has 0 saturated carbocycles. The summed E-state index contributed by atoms with van der Waals surface area (Å²) in [6, 6.07) is 0. The van der Waals surface area contributed by atoms with Gasteiger partial charge in [-0.25, -0.2) is 22.5 Å². The van der Waals surface area contributed by atoms with Crippen molar-refractivity contribution in [3.05, 3.63) is 10.6 Å². The minimum absolute atomic E-state index is 0.201. The van der Waals surface area contributed by atoms with E-state index in [0.717, 1.165) is 16.8 Å². The van der Waals surface area contributed by atoms with Crippen LogP contribution in [0.1, 0.15) is 30.3 Å². The minimum atomic E-state index is -3.30. The molecule has 11 heteroatoms. The van der Waals surface area contributed by atoms with Gasteiger partial charge in [0.15, 0.2) is 5.13 Å². The van der Waals surface area contributed by atoms with Crippen LogP contribution in [0.3, 0.4) is 0 Å². The smallest absolute Gasteiger partial charge is 0.410 e. The Balaban J connectivity index is 1.62. The standard InChI is InChI=1S/C16H24N4O5S2/c1-3-25-16(22)19-8-6-12-13(10-19)26-15(17-12)18-14(21)11-5-4-7-20(9-11)27(2,23)24/h11H,3-10H2,1-2H3,(H,17,18,21)/t11-/m1/s1. The normalized spacial score (nSPS) is 20.8. The number of anilines is 1. The fraction of sp³-hybridized carbons (Fsp3) is 0.688. The van der Waals surface area contributed by atoms with Gasteiger partial charge in [-0.15, -0.1) is 0 Å². The molecule has 0 aliphatic carbocycles. The molecule has 3 rings (SSSR count). The van der Waals surface area contributed by atoms with Gasteiger partial charge in [0.2, 0.25) is 15.9 Å². The number of thiazole rings is 1. The summed E-state index contributed by atoms with van der Waals surface area (Å²) < 4.78 is 29.8. The zero-order chi connectivity index (χ0) is 19.6. The molecule has 2 aliphatic heterocycles. The second-order valence-corrected chi connectivity index (χ2v) is 9.77. The molecule has 0 spiro atoms. The molecule has 2 amide bonds. The number of piperidine rings is 1. The quantitative estimate of drug-likeness (QED) is 0.792. The Morgan fingerprint density at radius 2 is 2.15 bits per heavy atom. The van der Waals surface area contributed by atoms with Crippen LogP contribution in [0.2, 0.25) is 0 Å². The van der Waals surface area contributed by atoms with Crippen LogP contribution in [0.4, 0.5) is 9.93 Å². The molecule has 9 nitrogen and oxygen atoms in total. The van der Waals surface area contributed by atoms with E-state index in [1.807, 2.05) is 0 Å². The first-order valence-electron chi connectivity index (χ1n) is 8.94. The molecule has 0 bridgehead atoms. The molecule has 0 radical (unpaired) electrons. The molecule has 0 unspecified atom stereocenters. The first-order valence-corrected chi connectivity index (χ1v) is 11.6. The van der Waals surface area contributed by atoms with E-state index in [-0.39, 0.29) is 24.5 Å². The number of fused-ring (bicyclic) bond motifs is 1. The number of sulfonamides is 1. The molecular weight excluding hydrogens is 392 g/mol. The number of nitrogens with one attached hydrogen (secondary N) is 1. The Morgan fingerprint density at radius 1 is 1.37 bits per heavy atom. The Labute approximate surface area is 162 Å². The van der Waals surface area contributed by atoms with Gasteiger partial charge in [-0.1, -0.05) is 11.3 Å². The average Bonchev–Trinajstić information content (AvgIpc) is 3.02. The molecule has 1 N–H and O–H groups in total. The summed E-state index contributed by atoms with van der Waals surface area (Å²) in [5, 5.41) is 3.32. The number of carbonyl (C=O) groups is 2. The summed E-state index contributed by atoms with van der Waals surface area (Å²) in [4.78, 5) is 31.5. The van der Waals surface area contributed by atoms with E-state index in [4.69, 9.17) is 4.74 Å². The summed E-state index contributed by atoms with van der Waals surface area (Å²) in [5.74, 6) is -0.595. The van der Waals surface area contributed by atoms with Crippen LogP contribution in [0.25, 0.3) is 0 Å². The Morgan fingerprint density at radius 3 is 2.85 bits per heavy atom. The largest absolute Gasteiger partial charge is 0.450 e. The fourth-order valence-electron chi connectivity index (χ4n) is 3.28. The van der Waals surface area contributed by atoms with Gasteiger partial charge in [0.05, 0.1) is 31.0 Å². The first-order chi connectivity index (χ1) is 12.8. The van der Waals surface area contributed by atoms with Crippen LogP contribution < -0.4 is 5.32 Å². The van der Waals surface area contributed by atoms with Crippen molar-refractivity contribution in [3.8, 4) is 0 Å². The Hall–Kier alpha value is -1.72. The third kappa shape index (κ3) is 4.77. The zero-order valence-corrected chi connectivity index (χ0v) is 17.1. The predicted molar refractivity (Wildman–Crippen MR) is 101 cm³/mol. The van der Waals surface area contributed by atoms with Crippen LogP contribution in [0, 0.1) is 5.92 Å². The molecule has 0 aromatic carbocycles. The summed E-state index contributed by atoms with van der Waals surface area (Å²) in [7, 11) is -3.30. The number of hydrogen-bond acceptors (Lipinski definition) is 7. The predicted octanol–water partition coefficient (Wildman–Crippen LogP) is 1.27. The zero-order valence-electron chi connectivity index (χ0n) is 15.4. The van der Waals surface area contributed by atoms with E-state index in [2.05, 4.69) is 10.3 Å². The van der Waals surface area contributed by atoms with E-state index in [1.54, 1.807) is 11.8 Å². The van der Waals surface area contributed by atoms with E-state index < -0.39 is 10.0 Å². The number of aromatic nitrogens is 1. The summed E-state index contributed by atoms with van der Waals surface area (Å²) in [5.41, 5.74) is 0.886. The number of ether oxygens (including phenoxy) is 1. The first kappa shape index (κ1) is 20.0. The topological polar surface area (TPSA) is 109 Å². The third-order valence-corrected chi connectivity index (χ3v) is 6.98. The molecule has 150 valence electrons. The SMILES string of the molecule is CCOC(=O)N1CCc2nc(NC(=O)[C@@H]3CCCN(S(C)(=O)=O)C3)sc2C1. The monoisotopic (exact) mass is 416 g/mol. The minimum Gasteiger partial charge on any atom is -0.450 e. The second kappa shape index (κ2) is 8.11. The molecule has 2 aliphatic rings. The highest BCUT2D eigenvalue weighted by Crippen LogP contribution is 2.29. The van der Waals surface area contributed by atoms with E-state index >= 15 is 0 Å². The van der Waals surface area contributed by atoms with Crippen LogP contribution in [0.5, 0.6) is 0 Å². The lowest BCUT2D eigenvalue weighted by molar-refractivity contribution is -0.120. The van der Waals surface area contributed by atoms with E-state index in [0.29, 0.717) is 50.6 Å². The van der Waals surface area contributed by atoms with Gasteiger partial charge in [-0.2, -0.15) is 0 Å². The van der Waals surface area contributed by atoms with Crippen LogP contribution in [-0.4, -0.2) is 67.1 Å². The Kier molecular flexibility index (Phi) is 6.02. The van der Waals surface area contributed by atoms with Crippen molar-refractivity contribution >= 4 is 38.5 Å². The van der Waals surface area contributed by atoms with Crippen LogP contribution >= 0.6 is 11.3 Å². The maximum atomic E-state index is 12.6. The van der Waals surface area contributed by atoms with Crippen LogP contribution in [-0.2, 0) is 32.5 Å². The summed E-state index contributed by atoms with van der Waals surface area (Å²) in [6.07, 6.45) is 2.75. The van der Waals surface area contributed by atoms with Crippen molar-refractivity contribution < 1.29 is 22.7 Å². The van der Waals surface area contributed by atoms with Gasteiger partial charge in [-0.05, 0) is 19.8 Å². The van der Waals surface area contributed by atoms with Crippen molar-refractivity contribution in [1.82, 2.24) is 14.2 Å². The maximum Gasteiger partial charge on any atom is 0.410 e. The van der Waals surface area contributed by atoms with Gasteiger partial charge >= 0.3 is 6.09 Å². The molecule has 1 aromatic rings. The maximum absolute atomic E-state index is 12.6. The van der Waals surface area contributed by atoms with Gasteiger partial charge in [0.1, 0.15) is 0 Å². The van der Waals surface area contributed by atoms with E-state index in [1.165, 1.54) is 15.6 Å². The van der Waals surface area contributed by atoms with Gasteiger partial charge in [0.25, 0.3) is 0 Å². The average molecular weight is 417 g/mol.